The first-order valence-corrected chi connectivity index (χ1v) is 12.0. The molecule has 36 heavy (non-hydrogen) atoms. The van der Waals surface area contributed by atoms with Crippen LogP contribution < -0.4 is 10.1 Å². The Labute approximate surface area is 217 Å². The monoisotopic (exact) mass is 524 g/mol. The van der Waals surface area contributed by atoms with Gasteiger partial charge in [0.25, 0.3) is 5.91 Å². The van der Waals surface area contributed by atoms with Gasteiger partial charge in [0.1, 0.15) is 0 Å². The maximum Gasteiger partial charge on any atom is 0.274 e. The van der Waals surface area contributed by atoms with Gasteiger partial charge in [0.2, 0.25) is 5.89 Å². The first kappa shape index (κ1) is 24.1. The van der Waals surface area contributed by atoms with Crippen molar-refractivity contribution in [3.8, 4) is 11.5 Å². The fraction of sp³-hybridized carbons (Fsp3) is 0.231. The number of halogens is 2. The van der Waals surface area contributed by atoms with Crippen molar-refractivity contribution in [2.24, 2.45) is 0 Å². The van der Waals surface area contributed by atoms with Crippen molar-refractivity contribution in [3.63, 3.8) is 0 Å². The Bertz CT molecular complexity index is 1340. The second kappa shape index (κ2) is 9.79. The topological polar surface area (TPSA) is 110 Å². The summed E-state index contributed by atoms with van der Waals surface area (Å²) < 4.78 is 10.7. The van der Waals surface area contributed by atoms with Crippen LogP contribution in [0.15, 0.2) is 65.3 Å². The maximum atomic E-state index is 12.7. The third-order valence-electron chi connectivity index (χ3n) is 6.33. The summed E-state index contributed by atoms with van der Waals surface area (Å²) in [7, 11) is 1.40. The summed E-state index contributed by atoms with van der Waals surface area (Å²) in [5.74, 6) is 0.230. The van der Waals surface area contributed by atoms with E-state index in [1.807, 2.05) is 48.5 Å². The number of ether oxygens (including phenoxy) is 1. The third-order valence-corrected chi connectivity index (χ3v) is 6.83. The first-order chi connectivity index (χ1) is 17.4. The minimum Gasteiger partial charge on any atom is -0.503 e. The van der Waals surface area contributed by atoms with Crippen LogP contribution in [0.2, 0.25) is 10.0 Å². The smallest absolute Gasteiger partial charge is 0.274 e. The van der Waals surface area contributed by atoms with Gasteiger partial charge in [-0.1, -0.05) is 52.6 Å². The molecule has 2 N–H and O–H groups in total. The van der Waals surface area contributed by atoms with Gasteiger partial charge in [0.05, 0.1) is 19.1 Å². The number of hydrogen-bond donors (Lipinski definition) is 2. The van der Waals surface area contributed by atoms with Crippen LogP contribution in [-0.4, -0.2) is 33.2 Å². The predicted molar refractivity (Wildman–Crippen MR) is 134 cm³/mol. The van der Waals surface area contributed by atoms with Gasteiger partial charge in [-0.25, -0.2) is 4.98 Å². The Morgan fingerprint density at radius 1 is 1.00 bits per heavy atom. The van der Waals surface area contributed by atoms with Crippen LogP contribution in [0.25, 0.3) is 0 Å². The number of aromatic nitrogens is 3. The lowest BCUT2D eigenvalue weighted by Gasteiger charge is -2.11. The SMILES string of the molecule is COc1ccnc(C(=O)N[C@@H](C)c2noc(C3C(c4ccc(Cl)cc4)C3c3ccc(Cl)cc3)n2)c1O. The lowest BCUT2D eigenvalue weighted by Crippen LogP contribution is -2.28. The van der Waals surface area contributed by atoms with Crippen LogP contribution in [0.3, 0.4) is 0 Å². The summed E-state index contributed by atoms with van der Waals surface area (Å²) in [4.78, 5) is 21.3. The van der Waals surface area contributed by atoms with Gasteiger partial charge in [-0.3, -0.25) is 4.79 Å². The molecule has 2 heterocycles. The van der Waals surface area contributed by atoms with E-state index < -0.39 is 11.9 Å². The minimum absolute atomic E-state index is 0.0411. The summed E-state index contributed by atoms with van der Waals surface area (Å²) >= 11 is 12.2. The highest BCUT2D eigenvalue weighted by Gasteiger charge is 2.55. The molecule has 0 spiro atoms. The summed E-state index contributed by atoms with van der Waals surface area (Å²) in [6, 6.07) is 16.3. The van der Waals surface area contributed by atoms with Crippen molar-refractivity contribution in [1.29, 1.82) is 0 Å². The summed E-state index contributed by atoms with van der Waals surface area (Å²) in [6.07, 6.45) is 1.38. The van der Waals surface area contributed by atoms with Crippen LogP contribution in [0.5, 0.6) is 11.5 Å². The Balaban J connectivity index is 1.37. The highest BCUT2D eigenvalue weighted by Crippen LogP contribution is 2.65. The van der Waals surface area contributed by atoms with Crippen LogP contribution in [0, 0.1) is 0 Å². The van der Waals surface area contributed by atoms with Crippen molar-refractivity contribution in [3.05, 3.63) is 99.4 Å². The molecule has 5 rings (SSSR count). The largest absolute Gasteiger partial charge is 0.503 e. The molecule has 4 aromatic rings. The number of nitrogens with zero attached hydrogens (tertiary/aromatic N) is 3. The molecule has 3 atom stereocenters. The zero-order valence-corrected chi connectivity index (χ0v) is 20.9. The van der Waals surface area contributed by atoms with Crippen LogP contribution in [-0.2, 0) is 0 Å². The molecule has 1 fully saturated rings. The highest BCUT2D eigenvalue weighted by molar-refractivity contribution is 6.30. The molecule has 2 aromatic heterocycles. The van der Waals surface area contributed by atoms with Crippen LogP contribution in [0.1, 0.15) is 64.0 Å². The molecule has 0 saturated heterocycles. The molecule has 0 bridgehead atoms. The average Bonchev–Trinajstić information content (AvgIpc) is 3.41. The standard InChI is InChI=1S/C26H22Cl2N4O4/c1-13(30-25(34)22-23(33)18(35-2)11-12-29-22)24-31-26(36-32-24)21-19(14-3-7-16(27)8-4-14)20(21)15-5-9-17(28)10-6-15/h3-13,19-21,33H,1-2H3,(H,30,34)/t13-,19?,20?,21?/m0/s1. The van der Waals surface area contributed by atoms with Crippen molar-refractivity contribution < 1.29 is 19.2 Å². The van der Waals surface area contributed by atoms with E-state index in [9.17, 15) is 9.90 Å². The number of methoxy groups -OCH3 is 1. The molecule has 1 saturated carbocycles. The van der Waals surface area contributed by atoms with Gasteiger partial charge < -0.3 is 19.7 Å². The van der Waals surface area contributed by atoms with Crippen LogP contribution >= 0.6 is 23.2 Å². The highest BCUT2D eigenvalue weighted by atomic mass is 35.5. The number of aromatic hydroxyl groups is 1. The van der Waals surface area contributed by atoms with Gasteiger partial charge in [-0.15, -0.1) is 0 Å². The number of amides is 1. The van der Waals surface area contributed by atoms with E-state index in [1.54, 1.807) is 6.92 Å². The van der Waals surface area contributed by atoms with Gasteiger partial charge >= 0.3 is 0 Å². The Morgan fingerprint density at radius 3 is 2.14 bits per heavy atom. The molecule has 2 aromatic carbocycles. The number of rotatable bonds is 7. The Kier molecular flexibility index (Phi) is 6.55. The third kappa shape index (κ3) is 4.62. The molecule has 10 heteroatoms. The number of carbonyl (C=O) groups is 1. The number of carbonyl (C=O) groups excluding carboxylic acids is 1. The van der Waals surface area contributed by atoms with E-state index in [-0.39, 0.29) is 34.9 Å². The van der Waals surface area contributed by atoms with E-state index in [1.165, 1.54) is 19.4 Å². The molecule has 0 radical (unpaired) electrons. The molecule has 0 aliphatic heterocycles. The van der Waals surface area contributed by atoms with Gasteiger partial charge in [0, 0.05) is 34.1 Å². The number of hydrogen-bond acceptors (Lipinski definition) is 7. The van der Waals surface area contributed by atoms with Crippen molar-refractivity contribution in [2.75, 3.05) is 7.11 Å². The van der Waals surface area contributed by atoms with E-state index >= 15 is 0 Å². The fourth-order valence-corrected chi connectivity index (χ4v) is 4.72. The average molecular weight is 525 g/mol. The fourth-order valence-electron chi connectivity index (χ4n) is 4.47. The summed E-state index contributed by atoms with van der Waals surface area (Å²) in [5, 5.41) is 18.4. The van der Waals surface area contributed by atoms with E-state index in [0.717, 1.165) is 11.1 Å². The quantitative estimate of drug-likeness (QED) is 0.321. The van der Waals surface area contributed by atoms with Crippen molar-refractivity contribution in [1.82, 2.24) is 20.4 Å². The summed E-state index contributed by atoms with van der Waals surface area (Å²) in [5.41, 5.74) is 2.08. The predicted octanol–water partition coefficient (Wildman–Crippen LogP) is 5.64. The molecule has 8 nitrogen and oxygen atoms in total. The zero-order chi connectivity index (χ0) is 25.4. The first-order valence-electron chi connectivity index (χ1n) is 11.2. The maximum absolute atomic E-state index is 12.7. The molecule has 1 amide bonds. The second-order valence-electron chi connectivity index (χ2n) is 8.58. The molecule has 1 aliphatic rings. The molecular weight excluding hydrogens is 503 g/mol. The van der Waals surface area contributed by atoms with Crippen molar-refractivity contribution in [2.45, 2.75) is 30.7 Å². The zero-order valence-electron chi connectivity index (χ0n) is 19.4. The molecule has 184 valence electrons. The molecule has 2 unspecified atom stereocenters. The van der Waals surface area contributed by atoms with E-state index in [2.05, 4.69) is 20.4 Å². The minimum atomic E-state index is -0.593. The van der Waals surface area contributed by atoms with Crippen LogP contribution in [0.4, 0.5) is 0 Å². The van der Waals surface area contributed by atoms with Gasteiger partial charge in [0.15, 0.2) is 23.0 Å². The van der Waals surface area contributed by atoms with E-state index in [0.29, 0.717) is 21.8 Å². The lowest BCUT2D eigenvalue weighted by atomic mass is 10.0. The van der Waals surface area contributed by atoms with Gasteiger partial charge in [-0.05, 0) is 42.3 Å². The lowest BCUT2D eigenvalue weighted by molar-refractivity contribution is 0.0929. The number of pyridine rings is 1. The Morgan fingerprint density at radius 2 is 1.58 bits per heavy atom. The van der Waals surface area contributed by atoms with Gasteiger partial charge in [-0.2, -0.15) is 4.98 Å². The van der Waals surface area contributed by atoms with Crippen molar-refractivity contribution >= 4 is 29.1 Å². The second-order valence-corrected chi connectivity index (χ2v) is 9.45. The molecular formula is C26H22Cl2N4O4. The number of benzene rings is 2. The normalized spacial score (nSPS) is 19.5. The van der Waals surface area contributed by atoms with E-state index in [4.69, 9.17) is 32.5 Å². The number of nitrogens with one attached hydrogen (secondary N) is 1. The summed E-state index contributed by atoms with van der Waals surface area (Å²) in [6.45, 7) is 1.73. The molecule has 1 aliphatic carbocycles. The Hall–Kier alpha value is -3.62.